The van der Waals surface area contributed by atoms with Gasteiger partial charge in [0.1, 0.15) is 20.8 Å². The molecule has 8 heteroatoms. The summed E-state index contributed by atoms with van der Waals surface area (Å²) < 4.78 is 72.3. The first kappa shape index (κ1) is 29.3. The van der Waals surface area contributed by atoms with Gasteiger partial charge in [0, 0.05) is 5.56 Å². The van der Waals surface area contributed by atoms with Crippen LogP contribution in [0.25, 0.3) is 0 Å². The summed E-state index contributed by atoms with van der Waals surface area (Å²) in [5.74, 6) is 5.18. The van der Waals surface area contributed by atoms with Crippen molar-refractivity contribution in [3.8, 4) is 5.75 Å². The van der Waals surface area contributed by atoms with Gasteiger partial charge in [0.05, 0.1) is 4.90 Å². The lowest BCUT2D eigenvalue weighted by atomic mass is 9.75. The van der Waals surface area contributed by atoms with Crippen molar-refractivity contribution in [3.63, 3.8) is 0 Å². The first-order valence-corrected chi connectivity index (χ1v) is 20.7. The van der Waals surface area contributed by atoms with E-state index >= 15 is 0 Å². The molecule has 6 bridgehead atoms. The zero-order valence-electron chi connectivity index (χ0n) is 26.1. The summed E-state index contributed by atoms with van der Waals surface area (Å²) in [5, 5.41) is 0. The molecule has 45 heavy (non-hydrogen) atoms. The fraction of sp³-hybridized carbons (Fsp3) is 0.676. The van der Waals surface area contributed by atoms with Crippen LogP contribution in [0.5, 0.6) is 5.75 Å². The second-order valence-electron chi connectivity index (χ2n) is 16.1. The summed E-state index contributed by atoms with van der Waals surface area (Å²) in [5.41, 5.74) is 4.44. The van der Waals surface area contributed by atoms with E-state index in [4.69, 9.17) is 4.18 Å². The molecule has 7 aliphatic rings. The van der Waals surface area contributed by atoms with Gasteiger partial charge in [0.2, 0.25) is 0 Å². The summed E-state index contributed by atoms with van der Waals surface area (Å²) in [6, 6.07) is 7.34. The van der Waals surface area contributed by atoms with Crippen LogP contribution in [0.15, 0.2) is 34.1 Å². The van der Waals surface area contributed by atoms with E-state index in [0.29, 0.717) is 58.5 Å². The lowest BCUT2D eigenvalue weighted by Gasteiger charge is -2.32. The third-order valence-corrected chi connectivity index (χ3v) is 16.1. The molecule has 9 rings (SSSR count). The van der Waals surface area contributed by atoms with E-state index in [2.05, 4.69) is 12.1 Å². The van der Waals surface area contributed by atoms with E-state index in [1.165, 1.54) is 81.9 Å². The van der Waals surface area contributed by atoms with Crippen LogP contribution in [0, 0.1) is 35.5 Å². The number of rotatable bonds is 7. The van der Waals surface area contributed by atoms with Crippen molar-refractivity contribution in [1.82, 2.24) is 0 Å². The Balaban J connectivity index is 1.20. The van der Waals surface area contributed by atoms with Crippen molar-refractivity contribution in [2.75, 3.05) is 0 Å². The van der Waals surface area contributed by atoms with Crippen molar-refractivity contribution in [2.45, 2.75) is 130 Å². The molecule has 0 heterocycles. The summed E-state index contributed by atoms with van der Waals surface area (Å²) >= 11 is 0. The molecule has 0 spiro atoms. The molecule has 0 aliphatic heterocycles. The van der Waals surface area contributed by atoms with Gasteiger partial charge in [-0.25, -0.2) is 8.42 Å². The van der Waals surface area contributed by atoms with E-state index in [1.807, 2.05) is 0 Å². The Hall–Kier alpha value is -1.90. The van der Waals surface area contributed by atoms with Crippen molar-refractivity contribution < 1.29 is 25.6 Å². The fourth-order valence-corrected chi connectivity index (χ4v) is 14.2. The summed E-state index contributed by atoms with van der Waals surface area (Å²) in [6.45, 7) is 0. The minimum absolute atomic E-state index is 0.201. The van der Waals surface area contributed by atoms with Gasteiger partial charge >= 0.3 is 10.1 Å². The van der Waals surface area contributed by atoms with Gasteiger partial charge in [0.15, 0.2) is 0 Å². The van der Waals surface area contributed by atoms with Gasteiger partial charge in [-0.15, -0.1) is 0 Å². The molecular weight excluding hydrogens is 605 g/mol. The van der Waals surface area contributed by atoms with Crippen LogP contribution in [0.4, 0.5) is 0 Å². The molecule has 9 atom stereocenters. The molecule has 6 fully saturated rings. The smallest absolute Gasteiger partial charge is 0.339 e. The van der Waals surface area contributed by atoms with Gasteiger partial charge in [-0.2, -0.15) is 8.42 Å². The number of benzene rings is 2. The maximum atomic E-state index is 14.9. The van der Waals surface area contributed by atoms with Crippen LogP contribution in [0.2, 0.25) is 0 Å². The van der Waals surface area contributed by atoms with Crippen LogP contribution in [-0.2, 0) is 33.1 Å². The second kappa shape index (κ2) is 10.6. The topological polar surface area (TPSA) is 101 Å². The Bertz CT molecular complexity index is 1710. The number of hydrogen-bond donors (Lipinski definition) is 0. The predicted octanol–water partition coefficient (Wildman–Crippen LogP) is 7.95. The maximum Gasteiger partial charge on any atom is 0.339 e. The monoisotopic (exact) mass is 649 g/mol. The second-order valence-corrected chi connectivity index (χ2v) is 18.9. The normalized spacial score (nSPS) is 36.6. The standard InChI is InChI=1S/C37H46O6S2/c38-44(39,40)36-12-11-35(28-3-1-2-4-29(28)36)43-45(41,42)37-33(31-17-22-6-9-25(31)14-22)19-27(30-16-21-5-8-24(30)13-21)20-34(37)32-18-23-7-10-26(32)15-23/h11-12,19-26,30-32H,1-10,13-18H2,(H,38,39,40)/p-1. The van der Waals surface area contributed by atoms with Gasteiger partial charge in [0.25, 0.3) is 0 Å². The molecule has 6 nitrogen and oxygen atoms in total. The van der Waals surface area contributed by atoms with Gasteiger partial charge in [-0.3, -0.25) is 0 Å². The molecule has 242 valence electrons. The summed E-state index contributed by atoms with van der Waals surface area (Å²) in [6.07, 6.45) is 17.1. The van der Waals surface area contributed by atoms with E-state index in [9.17, 15) is 21.4 Å². The molecular formula is C37H45O6S2-. The lowest BCUT2D eigenvalue weighted by molar-refractivity contribution is 0.392. The Labute approximate surface area is 268 Å². The maximum absolute atomic E-state index is 14.9. The van der Waals surface area contributed by atoms with Crippen LogP contribution < -0.4 is 4.18 Å². The Morgan fingerprint density at radius 3 is 1.60 bits per heavy atom. The molecule has 0 saturated heterocycles. The highest BCUT2D eigenvalue weighted by Gasteiger charge is 2.48. The van der Waals surface area contributed by atoms with Crippen molar-refractivity contribution >= 4 is 20.2 Å². The van der Waals surface area contributed by atoms with Crippen LogP contribution >= 0.6 is 0 Å². The van der Waals surface area contributed by atoms with Crippen molar-refractivity contribution in [1.29, 1.82) is 0 Å². The Kier molecular flexibility index (Phi) is 6.86. The molecule has 0 aromatic heterocycles. The van der Waals surface area contributed by atoms with Crippen molar-refractivity contribution in [3.05, 3.63) is 52.1 Å². The van der Waals surface area contributed by atoms with E-state index in [0.717, 1.165) is 48.6 Å². The lowest BCUT2D eigenvalue weighted by Crippen LogP contribution is -2.23. The van der Waals surface area contributed by atoms with Crippen LogP contribution in [0.1, 0.15) is 135 Å². The predicted molar refractivity (Wildman–Crippen MR) is 170 cm³/mol. The van der Waals surface area contributed by atoms with Gasteiger partial charge in [-0.1, -0.05) is 31.4 Å². The number of hydrogen-bond acceptors (Lipinski definition) is 6. The third-order valence-electron chi connectivity index (χ3n) is 13.8. The Morgan fingerprint density at radius 1 is 0.622 bits per heavy atom. The van der Waals surface area contributed by atoms with Gasteiger partial charge < -0.3 is 8.74 Å². The highest BCUT2D eigenvalue weighted by Crippen LogP contribution is 2.60. The van der Waals surface area contributed by atoms with E-state index in [-0.39, 0.29) is 22.5 Å². The quantitative estimate of drug-likeness (QED) is 0.223. The molecule has 9 unspecified atom stereocenters. The summed E-state index contributed by atoms with van der Waals surface area (Å²) in [7, 11) is -8.92. The molecule has 7 aliphatic carbocycles. The van der Waals surface area contributed by atoms with Crippen molar-refractivity contribution in [2.24, 2.45) is 35.5 Å². The number of fused-ring (bicyclic) bond motifs is 7. The SMILES string of the molecule is O=S(=O)([O-])c1ccc(OS(=O)(=O)c2c(C3CC4CCC3C4)cc(C3CC4CCC3C4)cc2C2CC3CCC2C3)c2c1CCCC2. The molecule has 0 N–H and O–H groups in total. The molecule has 2 aromatic rings. The van der Waals surface area contributed by atoms with E-state index < -0.39 is 20.2 Å². The first-order valence-electron chi connectivity index (χ1n) is 17.8. The highest BCUT2D eigenvalue weighted by atomic mass is 32.2. The van der Waals surface area contributed by atoms with Crippen LogP contribution in [-0.4, -0.2) is 21.4 Å². The highest BCUT2D eigenvalue weighted by molar-refractivity contribution is 7.87. The average molecular weight is 650 g/mol. The molecule has 2 aromatic carbocycles. The van der Waals surface area contributed by atoms with Crippen LogP contribution in [0.3, 0.4) is 0 Å². The minimum Gasteiger partial charge on any atom is -0.744 e. The zero-order valence-corrected chi connectivity index (χ0v) is 27.7. The van der Waals surface area contributed by atoms with Gasteiger partial charge in [-0.05, 0) is 171 Å². The minimum atomic E-state index is -4.67. The molecule has 6 saturated carbocycles. The largest absolute Gasteiger partial charge is 0.744 e. The molecule has 0 radical (unpaired) electrons. The third kappa shape index (κ3) is 4.85. The summed E-state index contributed by atoms with van der Waals surface area (Å²) in [4.78, 5) is 0.206. The zero-order chi connectivity index (χ0) is 30.7. The van der Waals surface area contributed by atoms with E-state index in [1.54, 1.807) is 0 Å². The average Bonchev–Trinajstić information content (AvgIpc) is 3.88. The Morgan fingerprint density at radius 2 is 1.13 bits per heavy atom. The fourth-order valence-electron chi connectivity index (χ4n) is 11.9. The molecule has 0 amide bonds. The first-order chi connectivity index (χ1) is 21.6.